The highest BCUT2D eigenvalue weighted by atomic mass is 16.5. The number of hydrogen-bond donors (Lipinski definition) is 5. The number of para-hydroxylation sites is 1. The summed E-state index contributed by atoms with van der Waals surface area (Å²) in [7, 11) is 0. The van der Waals surface area contributed by atoms with Crippen LogP contribution in [0.5, 0.6) is 17.5 Å². The Morgan fingerprint density at radius 1 is 0.885 bits per heavy atom. The number of nitrogens with one attached hydrogen (secondary N) is 2. The van der Waals surface area contributed by atoms with Crippen LogP contribution in [0.25, 0.3) is 22.4 Å². The molecule has 20 heteroatoms. The summed E-state index contributed by atoms with van der Waals surface area (Å²) in [5.74, 6) is 0.312. The smallest absolute Gasteiger partial charge is 0.254 e. The number of nitrogens with zero attached hydrogens (tertiary/aromatic N) is 9. The molecule has 4 aliphatic heterocycles. The third-order valence-electron chi connectivity index (χ3n) is 16.5. The average molecular weight is 1070 g/mol. The van der Waals surface area contributed by atoms with Gasteiger partial charge in [-0.05, 0) is 92.9 Å². The number of piperidine rings is 1. The highest BCUT2D eigenvalue weighted by Crippen LogP contribution is 2.41. The van der Waals surface area contributed by atoms with Gasteiger partial charge in [0.25, 0.3) is 5.88 Å². The number of anilines is 3. The number of ether oxygens (including phenoxy) is 3. The Balaban J connectivity index is 0.602. The van der Waals surface area contributed by atoms with Gasteiger partial charge < -0.3 is 54.7 Å². The Morgan fingerprint density at radius 2 is 1.64 bits per heavy atom. The van der Waals surface area contributed by atoms with E-state index < -0.39 is 18.1 Å². The lowest BCUT2D eigenvalue weighted by Crippen LogP contribution is -2.54. The Kier molecular flexibility index (Phi) is 15.3. The number of carbonyl (C=O) groups is 2. The summed E-state index contributed by atoms with van der Waals surface area (Å²) in [5.41, 5.74) is 14.5. The van der Waals surface area contributed by atoms with Gasteiger partial charge in [0.05, 0.1) is 41.4 Å². The van der Waals surface area contributed by atoms with Gasteiger partial charge in [0.15, 0.2) is 11.6 Å². The summed E-state index contributed by atoms with van der Waals surface area (Å²) in [6, 6.07) is 22.3. The Bertz CT molecular complexity index is 3030. The molecule has 6 N–H and O–H groups in total. The molecule has 5 fully saturated rings. The maximum Gasteiger partial charge on any atom is 0.254 e. The van der Waals surface area contributed by atoms with Gasteiger partial charge in [0, 0.05) is 111 Å². The quantitative estimate of drug-likeness (QED) is 0.0599. The molecule has 1 aliphatic carbocycles. The second-order valence-electron chi connectivity index (χ2n) is 22.3. The van der Waals surface area contributed by atoms with Crippen LogP contribution in [0.1, 0.15) is 100 Å². The first-order valence-corrected chi connectivity index (χ1v) is 27.7. The third kappa shape index (κ3) is 11.2. The Hall–Kier alpha value is -7.29. The molecule has 2 aromatic carbocycles. The van der Waals surface area contributed by atoms with Gasteiger partial charge in [-0.15, -0.1) is 10.2 Å². The Labute approximate surface area is 454 Å². The number of amides is 2. The number of likely N-dealkylation sites (tertiary alicyclic amines) is 2. The lowest BCUT2D eigenvalue weighted by Gasteiger charge is -2.43. The van der Waals surface area contributed by atoms with Crippen molar-refractivity contribution in [3.8, 4) is 39.9 Å². The van der Waals surface area contributed by atoms with Crippen molar-refractivity contribution < 1.29 is 38.5 Å². The second-order valence-corrected chi connectivity index (χ2v) is 22.3. The van der Waals surface area contributed by atoms with E-state index in [9.17, 15) is 19.8 Å². The monoisotopic (exact) mass is 1060 g/mol. The molecule has 5 aliphatic rings. The van der Waals surface area contributed by atoms with Crippen molar-refractivity contribution in [3.05, 3.63) is 102 Å². The Morgan fingerprint density at radius 3 is 2.36 bits per heavy atom. The summed E-state index contributed by atoms with van der Waals surface area (Å²) in [4.78, 5) is 41.3. The number of rotatable bonds is 18. The number of H-pyrrole nitrogens is 1. The predicted molar refractivity (Wildman–Crippen MR) is 293 cm³/mol. The second kappa shape index (κ2) is 22.6. The zero-order valence-electron chi connectivity index (χ0n) is 45.1. The van der Waals surface area contributed by atoms with Gasteiger partial charge in [-0.25, -0.2) is 4.98 Å². The molecule has 2 amide bonds. The van der Waals surface area contributed by atoms with Crippen molar-refractivity contribution >= 4 is 29.0 Å². The minimum Gasteiger partial charge on any atom is -0.507 e. The van der Waals surface area contributed by atoms with Crippen molar-refractivity contribution in [1.82, 2.24) is 45.7 Å². The number of β-amino-alcohol motifs (C(OH)–C–C–N with tert-alkyl or cyclic N) is 1. The molecule has 11 rings (SSSR count). The van der Waals surface area contributed by atoms with Crippen LogP contribution in [0.2, 0.25) is 0 Å². The van der Waals surface area contributed by atoms with E-state index in [1.807, 2.05) is 83.3 Å². The number of phenolic OH excluding ortho intramolecular Hbond substituents is 1. The van der Waals surface area contributed by atoms with E-state index in [1.165, 1.54) is 4.90 Å². The average Bonchev–Trinajstić information content (AvgIpc) is 4.29. The van der Waals surface area contributed by atoms with Crippen LogP contribution in [0.3, 0.4) is 0 Å². The van der Waals surface area contributed by atoms with Crippen LogP contribution in [-0.2, 0) is 14.3 Å². The molecule has 6 atom stereocenters. The normalized spacial score (nSPS) is 23.3. The van der Waals surface area contributed by atoms with Gasteiger partial charge >= 0.3 is 0 Å². The third-order valence-corrected chi connectivity index (χ3v) is 16.5. The van der Waals surface area contributed by atoms with E-state index in [4.69, 9.17) is 24.5 Å². The first-order chi connectivity index (χ1) is 37.7. The number of hydrogen-bond acceptors (Lipinski definition) is 17. The number of aryl methyl sites for hydroxylation is 2. The first-order valence-electron chi connectivity index (χ1n) is 27.7. The van der Waals surface area contributed by atoms with Crippen LogP contribution in [0.4, 0.5) is 17.2 Å². The van der Waals surface area contributed by atoms with Crippen LogP contribution in [0.15, 0.2) is 83.5 Å². The maximum absolute atomic E-state index is 14.3. The molecule has 1 unspecified atom stereocenters. The van der Waals surface area contributed by atoms with E-state index in [0.717, 1.165) is 104 Å². The highest BCUT2D eigenvalue weighted by molar-refractivity contribution is 5.91. The molecular formula is C58H72N12O8. The number of nitrogen functional groups attached to an aromatic ring is 1. The van der Waals surface area contributed by atoms with E-state index in [-0.39, 0.29) is 72.9 Å². The molecule has 6 aromatic rings. The number of nitrogens with two attached hydrogens (primary N) is 1. The lowest BCUT2D eigenvalue weighted by molar-refractivity contribution is -0.141. The van der Waals surface area contributed by atoms with Crippen LogP contribution >= 0.6 is 0 Å². The number of aromatic nitrogens is 6. The van der Waals surface area contributed by atoms with Gasteiger partial charge in [-0.3, -0.25) is 19.6 Å². The summed E-state index contributed by atoms with van der Waals surface area (Å²) < 4.78 is 24.8. The standard InChI is InChI=1S/C58H72N12O8/c1-33(2)54(58(74)69-32-42(71)25-49(69)57(73)61-34(3)37-10-12-38(13-11-37)55-35(4)62-63-36(55)5)51-29-53(66-78-51)75-23-22-67-20-17-43(18-21-67)76-44-26-45(27-44)77-52-24-39(16-19-60-52)70-40-14-15-41(70)31-68(30-40)48-28-47(64-65-56(48)59)46-8-6-7-9-50(46)72/h6-13,16,19,24,28-29,33-34,40-45,49,54,71-72H,14-15,17-18,20-23,25-27,30-32H2,1-5H3,(H2,59,65)(H,61,73)(H,62,63)/t34-,40+,41?,42+,44?,45?,49-,54-/m0/s1. The number of piperazine rings is 1. The zero-order chi connectivity index (χ0) is 54.2. The fraction of sp³-hybridized carbons (Fsp3) is 0.500. The van der Waals surface area contributed by atoms with Gasteiger partial charge in [-0.2, -0.15) is 5.10 Å². The SMILES string of the molecule is Cc1n[nH]c(C)c1-c1ccc([C@H](C)NC(=O)[C@@H]2C[C@@H](O)CN2C(=O)[C@H](c2cc(OCCN3CCC(OC4CC(Oc5cc(N6C7CC[C@@H]6CN(c6cc(-c8ccccc8O)nnc6N)C7)ccn5)C4)CC3)no2)C(C)C)cc1. The number of aromatic hydroxyl groups is 1. The predicted octanol–water partition coefficient (Wildman–Crippen LogP) is 6.73. The molecule has 20 nitrogen and oxygen atoms in total. The molecule has 8 heterocycles. The van der Waals surface area contributed by atoms with Crippen LogP contribution < -0.4 is 30.3 Å². The van der Waals surface area contributed by atoms with Crippen molar-refractivity contribution in [2.45, 2.75) is 134 Å². The molecule has 0 radical (unpaired) electrons. The summed E-state index contributed by atoms with van der Waals surface area (Å²) in [5, 5.41) is 44.4. The zero-order valence-corrected chi connectivity index (χ0v) is 45.1. The van der Waals surface area contributed by atoms with Gasteiger partial charge in [-0.1, -0.05) is 50.2 Å². The number of aliphatic hydroxyl groups excluding tert-OH is 1. The molecule has 1 saturated carbocycles. The van der Waals surface area contributed by atoms with Crippen LogP contribution in [-0.4, -0.2) is 151 Å². The number of pyridine rings is 1. The topological polar surface area (TPSA) is 247 Å². The number of carbonyl (C=O) groups excluding carboxylic acids is 2. The molecule has 412 valence electrons. The fourth-order valence-corrected chi connectivity index (χ4v) is 12.3. The largest absolute Gasteiger partial charge is 0.507 e. The summed E-state index contributed by atoms with van der Waals surface area (Å²) in [6.45, 7) is 14.2. The van der Waals surface area contributed by atoms with Gasteiger partial charge in [0.2, 0.25) is 17.7 Å². The summed E-state index contributed by atoms with van der Waals surface area (Å²) in [6.07, 6.45) is 7.20. The molecule has 4 aromatic heterocycles. The minimum absolute atomic E-state index is 0.0481. The van der Waals surface area contributed by atoms with E-state index in [1.54, 1.807) is 18.2 Å². The lowest BCUT2D eigenvalue weighted by atomic mass is 9.91. The highest BCUT2D eigenvalue weighted by Gasteiger charge is 2.45. The first kappa shape index (κ1) is 52.7. The fourth-order valence-electron chi connectivity index (χ4n) is 12.3. The van der Waals surface area contributed by atoms with E-state index in [2.05, 4.69) is 62.7 Å². The number of aliphatic hydroxyl groups is 1. The molecule has 4 saturated heterocycles. The van der Waals surface area contributed by atoms with Crippen molar-refractivity contribution in [2.24, 2.45) is 5.92 Å². The molecule has 2 bridgehead atoms. The minimum atomic E-state index is -0.837. The number of benzene rings is 2. The maximum atomic E-state index is 14.3. The summed E-state index contributed by atoms with van der Waals surface area (Å²) >= 11 is 0. The molecule has 78 heavy (non-hydrogen) atoms. The number of phenols is 1. The van der Waals surface area contributed by atoms with Crippen molar-refractivity contribution in [2.75, 3.05) is 61.4 Å². The van der Waals surface area contributed by atoms with Crippen molar-refractivity contribution in [3.63, 3.8) is 0 Å². The van der Waals surface area contributed by atoms with Crippen molar-refractivity contribution in [1.29, 1.82) is 0 Å². The molecular weight excluding hydrogens is 993 g/mol. The number of aromatic amines is 1. The van der Waals surface area contributed by atoms with E-state index in [0.29, 0.717) is 47.7 Å². The molecule has 0 spiro atoms. The van der Waals surface area contributed by atoms with Gasteiger partial charge in [0.1, 0.15) is 30.4 Å². The van der Waals surface area contributed by atoms with E-state index >= 15 is 0 Å². The van der Waals surface area contributed by atoms with Crippen LogP contribution in [0, 0.1) is 19.8 Å². The number of fused-ring (bicyclic) bond motifs is 2.